The predicted molar refractivity (Wildman–Crippen MR) is 60.2 cm³/mol. The lowest BCUT2D eigenvalue weighted by atomic mass is 10.1. The second-order valence-corrected chi connectivity index (χ2v) is 4.84. The molecule has 0 aliphatic carbocycles. The highest BCUT2D eigenvalue weighted by Gasteiger charge is 2.21. The van der Waals surface area contributed by atoms with Crippen molar-refractivity contribution in [2.45, 2.75) is 6.10 Å². The number of thiazole rings is 1. The third-order valence-corrected chi connectivity index (χ3v) is 3.91. The van der Waals surface area contributed by atoms with Gasteiger partial charge in [0.05, 0.1) is 10.4 Å². The average Bonchev–Trinajstić information content (AvgIpc) is 2.69. The molecule has 0 amide bonds. The molecule has 0 aliphatic rings. The van der Waals surface area contributed by atoms with Gasteiger partial charge in [-0.05, 0) is 22.0 Å². The zero-order chi connectivity index (χ0) is 12.6. The maximum absolute atomic E-state index is 13.4. The van der Waals surface area contributed by atoms with Crippen molar-refractivity contribution in [3.8, 4) is 0 Å². The van der Waals surface area contributed by atoms with Crippen LogP contribution in [-0.2, 0) is 0 Å². The van der Waals surface area contributed by atoms with E-state index in [0.717, 1.165) is 11.3 Å². The number of rotatable bonds is 2. The largest absolute Gasteiger partial charge is 0.383 e. The van der Waals surface area contributed by atoms with E-state index >= 15 is 0 Å². The van der Waals surface area contributed by atoms with E-state index in [1.165, 1.54) is 5.51 Å². The summed E-state index contributed by atoms with van der Waals surface area (Å²) in [6, 6.07) is 1.05. The van der Waals surface area contributed by atoms with Gasteiger partial charge in [-0.15, -0.1) is 11.3 Å². The topological polar surface area (TPSA) is 33.1 Å². The van der Waals surface area contributed by atoms with Gasteiger partial charge in [-0.25, -0.2) is 18.2 Å². The SMILES string of the molecule is OC(c1cc(F)c(F)cc1F)c1scnc1Br. The Kier molecular flexibility index (Phi) is 3.50. The van der Waals surface area contributed by atoms with Crippen LogP contribution in [0.3, 0.4) is 0 Å². The molecule has 7 heteroatoms. The molecule has 90 valence electrons. The Balaban J connectivity index is 2.48. The van der Waals surface area contributed by atoms with Crippen LogP contribution in [0.5, 0.6) is 0 Å². The van der Waals surface area contributed by atoms with Crippen LogP contribution in [0.1, 0.15) is 16.5 Å². The van der Waals surface area contributed by atoms with Gasteiger partial charge in [0.25, 0.3) is 0 Å². The first-order chi connectivity index (χ1) is 8.00. The molecule has 1 heterocycles. The summed E-state index contributed by atoms with van der Waals surface area (Å²) in [5.74, 6) is -3.50. The van der Waals surface area contributed by atoms with E-state index in [2.05, 4.69) is 20.9 Å². The minimum atomic E-state index is -1.38. The summed E-state index contributed by atoms with van der Waals surface area (Å²) in [4.78, 5) is 4.15. The van der Waals surface area contributed by atoms with Crippen molar-refractivity contribution < 1.29 is 18.3 Å². The van der Waals surface area contributed by atoms with Crippen molar-refractivity contribution in [3.63, 3.8) is 0 Å². The predicted octanol–water partition coefficient (Wildman–Crippen LogP) is 3.40. The Bertz CT molecular complexity index is 560. The highest BCUT2D eigenvalue weighted by molar-refractivity contribution is 9.10. The molecule has 0 bridgehead atoms. The average molecular weight is 324 g/mol. The number of halogens is 4. The number of nitrogens with zero attached hydrogens (tertiary/aromatic N) is 1. The molecule has 17 heavy (non-hydrogen) atoms. The number of hydrogen-bond acceptors (Lipinski definition) is 3. The molecule has 0 fully saturated rings. The molecule has 2 nitrogen and oxygen atoms in total. The van der Waals surface area contributed by atoms with Crippen LogP contribution in [0.15, 0.2) is 22.2 Å². The number of benzene rings is 1. The highest BCUT2D eigenvalue weighted by atomic mass is 79.9. The molecule has 1 aromatic carbocycles. The van der Waals surface area contributed by atoms with Crippen LogP contribution in [0.4, 0.5) is 13.2 Å². The van der Waals surface area contributed by atoms with E-state index in [-0.39, 0.29) is 5.56 Å². The molecule has 2 aromatic rings. The quantitative estimate of drug-likeness (QED) is 0.859. The van der Waals surface area contributed by atoms with E-state index in [9.17, 15) is 18.3 Å². The Morgan fingerprint density at radius 3 is 2.41 bits per heavy atom. The van der Waals surface area contributed by atoms with E-state index in [1.54, 1.807) is 0 Å². The summed E-state index contributed by atoms with van der Waals surface area (Å²) in [6.45, 7) is 0. The summed E-state index contributed by atoms with van der Waals surface area (Å²) in [6.07, 6.45) is -1.38. The van der Waals surface area contributed by atoms with Crippen LogP contribution in [0.2, 0.25) is 0 Å². The summed E-state index contributed by atoms with van der Waals surface area (Å²) in [7, 11) is 0. The fourth-order valence-corrected chi connectivity index (χ4v) is 2.72. The molecule has 1 aromatic heterocycles. The minimum absolute atomic E-state index is 0.325. The Morgan fingerprint density at radius 1 is 1.18 bits per heavy atom. The third-order valence-electron chi connectivity index (χ3n) is 2.13. The molecule has 1 unspecified atom stereocenters. The lowest BCUT2D eigenvalue weighted by Gasteiger charge is -2.10. The van der Waals surface area contributed by atoms with E-state index in [1.807, 2.05) is 0 Å². The highest BCUT2D eigenvalue weighted by Crippen LogP contribution is 2.32. The van der Waals surface area contributed by atoms with E-state index < -0.39 is 23.6 Å². The molecular formula is C10H5BrF3NOS. The number of aromatic nitrogens is 1. The van der Waals surface area contributed by atoms with Crippen molar-refractivity contribution in [1.29, 1.82) is 0 Å². The maximum atomic E-state index is 13.4. The smallest absolute Gasteiger partial charge is 0.161 e. The van der Waals surface area contributed by atoms with Crippen LogP contribution in [0, 0.1) is 17.5 Å². The fourth-order valence-electron chi connectivity index (χ4n) is 1.31. The lowest BCUT2D eigenvalue weighted by Crippen LogP contribution is -2.03. The molecule has 2 rings (SSSR count). The summed E-state index contributed by atoms with van der Waals surface area (Å²) in [5.41, 5.74) is 1.12. The van der Waals surface area contributed by atoms with Gasteiger partial charge in [-0.2, -0.15) is 0 Å². The van der Waals surface area contributed by atoms with Gasteiger partial charge in [0, 0.05) is 11.6 Å². The molecule has 0 saturated carbocycles. The fraction of sp³-hybridized carbons (Fsp3) is 0.100. The summed E-state index contributed by atoms with van der Waals surface area (Å²) < 4.78 is 39.5. The zero-order valence-corrected chi connectivity index (χ0v) is 10.5. The van der Waals surface area contributed by atoms with Crippen LogP contribution in [0.25, 0.3) is 0 Å². The van der Waals surface area contributed by atoms with Gasteiger partial charge in [0.15, 0.2) is 11.6 Å². The van der Waals surface area contributed by atoms with Gasteiger partial charge in [0.1, 0.15) is 16.5 Å². The first-order valence-electron chi connectivity index (χ1n) is 4.42. The van der Waals surface area contributed by atoms with Gasteiger partial charge in [-0.3, -0.25) is 0 Å². The standard InChI is InChI=1S/C10H5BrF3NOS/c11-10-9(17-3-15-10)8(16)4-1-6(13)7(14)2-5(4)12/h1-3,8,16H. The first-order valence-corrected chi connectivity index (χ1v) is 6.09. The molecule has 1 atom stereocenters. The van der Waals surface area contributed by atoms with Crippen LogP contribution in [-0.4, -0.2) is 10.1 Å². The first kappa shape index (κ1) is 12.5. The monoisotopic (exact) mass is 323 g/mol. The Hall–Kier alpha value is -0.920. The van der Waals surface area contributed by atoms with Gasteiger partial charge in [0.2, 0.25) is 0 Å². The number of aliphatic hydroxyl groups is 1. The molecule has 1 N–H and O–H groups in total. The Morgan fingerprint density at radius 2 is 1.82 bits per heavy atom. The lowest BCUT2D eigenvalue weighted by molar-refractivity contribution is 0.216. The number of hydrogen-bond donors (Lipinski definition) is 1. The minimum Gasteiger partial charge on any atom is -0.383 e. The Labute approximate surface area is 107 Å². The van der Waals surface area contributed by atoms with Crippen LogP contribution < -0.4 is 0 Å². The summed E-state index contributed by atoms with van der Waals surface area (Å²) >= 11 is 4.15. The second-order valence-electron chi connectivity index (χ2n) is 3.20. The molecule has 0 saturated heterocycles. The normalized spacial score (nSPS) is 12.8. The molecule has 0 spiro atoms. The molecule has 0 radical (unpaired) electrons. The second kappa shape index (κ2) is 4.75. The van der Waals surface area contributed by atoms with Crippen molar-refractivity contribution in [2.24, 2.45) is 0 Å². The van der Waals surface area contributed by atoms with Crippen LogP contribution >= 0.6 is 27.3 Å². The van der Waals surface area contributed by atoms with Gasteiger partial charge >= 0.3 is 0 Å². The maximum Gasteiger partial charge on any atom is 0.161 e. The van der Waals surface area contributed by atoms with E-state index in [0.29, 0.717) is 21.6 Å². The van der Waals surface area contributed by atoms with Gasteiger partial charge in [-0.1, -0.05) is 0 Å². The third kappa shape index (κ3) is 2.36. The van der Waals surface area contributed by atoms with Crippen molar-refractivity contribution in [3.05, 3.63) is 50.1 Å². The molecular weight excluding hydrogens is 319 g/mol. The van der Waals surface area contributed by atoms with Crippen molar-refractivity contribution >= 4 is 27.3 Å². The van der Waals surface area contributed by atoms with Crippen molar-refractivity contribution in [1.82, 2.24) is 4.98 Å². The summed E-state index contributed by atoms with van der Waals surface area (Å²) in [5, 5.41) is 9.87. The zero-order valence-electron chi connectivity index (χ0n) is 8.12. The van der Waals surface area contributed by atoms with Crippen molar-refractivity contribution in [2.75, 3.05) is 0 Å². The van der Waals surface area contributed by atoms with Gasteiger partial charge < -0.3 is 5.11 Å². The molecule has 0 aliphatic heterocycles. The van der Waals surface area contributed by atoms with E-state index in [4.69, 9.17) is 0 Å². The number of aliphatic hydroxyl groups excluding tert-OH is 1.